The standard InChI is InChI=1S/C21H20N4O3/c1-21(2,3)25-20(27)28-18-10-13-9-16(24-17(13)11-22-18)19(26)15-8-12-6-4-5-7-14(12)23-15/h4-11,23-24H,1-3H3,(H,25,27). The highest BCUT2D eigenvalue weighted by atomic mass is 16.6. The normalized spacial score (nSPS) is 11.7. The van der Waals surface area contributed by atoms with Gasteiger partial charge in [-0.05, 0) is 39.0 Å². The Morgan fingerprint density at radius 2 is 1.64 bits per heavy atom. The summed E-state index contributed by atoms with van der Waals surface area (Å²) < 4.78 is 5.23. The number of carbonyl (C=O) groups is 2. The van der Waals surface area contributed by atoms with Crippen LogP contribution in [0.15, 0.2) is 48.7 Å². The number of H-pyrrole nitrogens is 2. The van der Waals surface area contributed by atoms with Crippen molar-refractivity contribution in [3.05, 3.63) is 60.0 Å². The maximum Gasteiger partial charge on any atom is 0.414 e. The van der Waals surface area contributed by atoms with Crippen molar-refractivity contribution < 1.29 is 14.3 Å². The Morgan fingerprint density at radius 1 is 0.964 bits per heavy atom. The highest BCUT2D eigenvalue weighted by Gasteiger charge is 2.18. The molecule has 1 aromatic carbocycles. The first kappa shape index (κ1) is 17.8. The van der Waals surface area contributed by atoms with Gasteiger partial charge in [0.25, 0.3) is 0 Å². The first-order valence-corrected chi connectivity index (χ1v) is 8.90. The van der Waals surface area contributed by atoms with Crippen molar-refractivity contribution in [2.45, 2.75) is 26.3 Å². The number of nitrogens with one attached hydrogen (secondary N) is 3. The molecule has 1 amide bonds. The van der Waals surface area contributed by atoms with Crippen molar-refractivity contribution in [1.82, 2.24) is 20.3 Å². The minimum atomic E-state index is -0.579. The lowest BCUT2D eigenvalue weighted by molar-refractivity contribution is 0.103. The van der Waals surface area contributed by atoms with Crippen LogP contribution in [0.3, 0.4) is 0 Å². The number of fused-ring (bicyclic) bond motifs is 2. The summed E-state index contributed by atoms with van der Waals surface area (Å²) in [5.74, 6) is 0.0122. The number of aromatic nitrogens is 3. The Labute approximate surface area is 161 Å². The van der Waals surface area contributed by atoms with Crippen LogP contribution in [-0.2, 0) is 0 Å². The summed E-state index contributed by atoms with van der Waals surface area (Å²) in [5, 5.41) is 4.41. The third-order valence-electron chi connectivity index (χ3n) is 4.17. The Hall–Kier alpha value is -3.61. The monoisotopic (exact) mass is 376 g/mol. The van der Waals surface area contributed by atoms with Gasteiger partial charge in [0, 0.05) is 27.9 Å². The molecule has 7 heteroatoms. The number of nitrogens with zero attached hydrogens (tertiary/aromatic N) is 1. The summed E-state index contributed by atoms with van der Waals surface area (Å²) >= 11 is 0. The van der Waals surface area contributed by atoms with E-state index in [1.54, 1.807) is 12.1 Å². The zero-order valence-corrected chi connectivity index (χ0v) is 15.8. The van der Waals surface area contributed by atoms with Crippen LogP contribution in [0.25, 0.3) is 21.8 Å². The second-order valence-electron chi connectivity index (χ2n) is 7.66. The molecule has 0 unspecified atom stereocenters. The van der Waals surface area contributed by atoms with Gasteiger partial charge in [0.1, 0.15) is 0 Å². The second-order valence-corrected chi connectivity index (χ2v) is 7.66. The Kier molecular flexibility index (Phi) is 4.15. The number of para-hydroxylation sites is 1. The molecule has 28 heavy (non-hydrogen) atoms. The zero-order valence-electron chi connectivity index (χ0n) is 15.8. The molecule has 0 aliphatic rings. The number of amides is 1. The van der Waals surface area contributed by atoms with E-state index in [4.69, 9.17) is 4.74 Å². The molecular weight excluding hydrogens is 356 g/mol. The zero-order chi connectivity index (χ0) is 19.9. The van der Waals surface area contributed by atoms with E-state index in [0.717, 1.165) is 16.3 Å². The van der Waals surface area contributed by atoms with E-state index in [9.17, 15) is 9.59 Å². The third kappa shape index (κ3) is 3.59. The summed E-state index contributed by atoms with van der Waals surface area (Å²) in [6.07, 6.45) is 0.959. The molecule has 0 spiro atoms. The van der Waals surface area contributed by atoms with Gasteiger partial charge in [0.2, 0.25) is 11.7 Å². The molecule has 7 nitrogen and oxygen atoms in total. The summed E-state index contributed by atoms with van der Waals surface area (Å²) in [4.78, 5) is 35.1. The van der Waals surface area contributed by atoms with Crippen LogP contribution in [0.4, 0.5) is 4.79 Å². The van der Waals surface area contributed by atoms with Crippen LogP contribution < -0.4 is 10.1 Å². The van der Waals surface area contributed by atoms with Crippen molar-refractivity contribution in [2.75, 3.05) is 0 Å². The average Bonchev–Trinajstić information content (AvgIpc) is 3.22. The van der Waals surface area contributed by atoms with Crippen molar-refractivity contribution in [2.24, 2.45) is 0 Å². The molecule has 3 heterocycles. The molecule has 3 N–H and O–H groups in total. The summed E-state index contributed by atoms with van der Waals surface area (Å²) in [6, 6.07) is 12.9. The SMILES string of the molecule is CC(C)(C)NC(=O)Oc1cc2cc(C(=O)c3cc4ccccc4[nH]3)[nH]c2cn1. The van der Waals surface area contributed by atoms with Crippen LogP contribution in [-0.4, -0.2) is 32.4 Å². The quantitative estimate of drug-likeness (QED) is 0.467. The largest absolute Gasteiger partial charge is 0.414 e. The van der Waals surface area contributed by atoms with E-state index in [2.05, 4.69) is 20.3 Å². The fourth-order valence-electron chi connectivity index (χ4n) is 2.96. The maximum atomic E-state index is 12.8. The smallest absolute Gasteiger partial charge is 0.391 e. The lowest BCUT2D eigenvalue weighted by Crippen LogP contribution is -2.42. The second kappa shape index (κ2) is 6.53. The molecule has 0 atom stereocenters. The van der Waals surface area contributed by atoms with Crippen LogP contribution in [0, 0.1) is 0 Å². The van der Waals surface area contributed by atoms with Crippen molar-refractivity contribution in [3.8, 4) is 5.88 Å². The summed E-state index contributed by atoms with van der Waals surface area (Å²) in [7, 11) is 0. The number of benzene rings is 1. The van der Waals surface area contributed by atoms with E-state index in [-0.39, 0.29) is 11.7 Å². The predicted molar refractivity (Wildman–Crippen MR) is 107 cm³/mol. The Bertz CT molecular complexity index is 1160. The van der Waals surface area contributed by atoms with E-state index >= 15 is 0 Å². The number of hydrogen-bond acceptors (Lipinski definition) is 4. The molecule has 4 rings (SSSR count). The minimum Gasteiger partial charge on any atom is -0.391 e. The first-order chi connectivity index (χ1) is 13.3. The highest BCUT2D eigenvalue weighted by Crippen LogP contribution is 2.22. The van der Waals surface area contributed by atoms with E-state index in [0.29, 0.717) is 16.9 Å². The molecule has 0 saturated carbocycles. The molecule has 3 aromatic heterocycles. The van der Waals surface area contributed by atoms with Gasteiger partial charge in [-0.1, -0.05) is 18.2 Å². The molecule has 0 saturated heterocycles. The minimum absolute atomic E-state index is 0.152. The molecule has 0 bridgehead atoms. The van der Waals surface area contributed by atoms with Crippen molar-refractivity contribution in [3.63, 3.8) is 0 Å². The number of hydrogen-bond donors (Lipinski definition) is 3. The van der Waals surface area contributed by atoms with Crippen molar-refractivity contribution >= 4 is 33.7 Å². The molecule has 4 aromatic rings. The average molecular weight is 376 g/mol. The van der Waals surface area contributed by atoms with Gasteiger partial charge in [-0.2, -0.15) is 0 Å². The topological polar surface area (TPSA) is 99.9 Å². The maximum absolute atomic E-state index is 12.8. The molecule has 0 radical (unpaired) electrons. The Morgan fingerprint density at radius 3 is 2.36 bits per heavy atom. The van der Waals surface area contributed by atoms with Crippen LogP contribution in [0.2, 0.25) is 0 Å². The van der Waals surface area contributed by atoms with Gasteiger partial charge < -0.3 is 20.0 Å². The van der Waals surface area contributed by atoms with E-state index < -0.39 is 11.6 Å². The molecule has 0 aliphatic heterocycles. The molecule has 0 aliphatic carbocycles. The fourth-order valence-corrected chi connectivity index (χ4v) is 2.96. The fraction of sp³-hybridized carbons (Fsp3) is 0.190. The van der Waals surface area contributed by atoms with Gasteiger partial charge in [-0.15, -0.1) is 0 Å². The van der Waals surface area contributed by atoms with Gasteiger partial charge in [-0.25, -0.2) is 9.78 Å². The third-order valence-corrected chi connectivity index (χ3v) is 4.17. The van der Waals surface area contributed by atoms with Gasteiger partial charge in [0.15, 0.2) is 0 Å². The number of ether oxygens (including phenoxy) is 1. The highest BCUT2D eigenvalue weighted by molar-refractivity contribution is 6.11. The number of rotatable bonds is 3. The van der Waals surface area contributed by atoms with Crippen LogP contribution in [0.5, 0.6) is 5.88 Å². The summed E-state index contributed by atoms with van der Waals surface area (Å²) in [5.41, 5.74) is 2.11. The Balaban J connectivity index is 1.59. The number of carbonyl (C=O) groups excluding carboxylic acids is 2. The van der Waals surface area contributed by atoms with Gasteiger partial charge >= 0.3 is 6.09 Å². The lowest BCUT2D eigenvalue weighted by Gasteiger charge is -2.19. The van der Waals surface area contributed by atoms with Crippen LogP contribution >= 0.6 is 0 Å². The van der Waals surface area contributed by atoms with E-state index in [1.165, 1.54) is 6.20 Å². The first-order valence-electron chi connectivity index (χ1n) is 8.90. The molecule has 0 fully saturated rings. The number of pyridine rings is 1. The van der Waals surface area contributed by atoms with Crippen LogP contribution in [0.1, 0.15) is 37.0 Å². The van der Waals surface area contributed by atoms with Gasteiger partial charge in [0.05, 0.1) is 23.1 Å². The number of aromatic amines is 2. The van der Waals surface area contributed by atoms with Gasteiger partial charge in [-0.3, -0.25) is 4.79 Å². The molecule has 142 valence electrons. The van der Waals surface area contributed by atoms with Crippen molar-refractivity contribution in [1.29, 1.82) is 0 Å². The number of ketones is 1. The lowest BCUT2D eigenvalue weighted by atomic mass is 10.1. The molecular formula is C21H20N4O3. The van der Waals surface area contributed by atoms with E-state index in [1.807, 2.05) is 51.1 Å². The predicted octanol–water partition coefficient (Wildman–Crippen LogP) is 4.16. The summed E-state index contributed by atoms with van der Waals surface area (Å²) in [6.45, 7) is 5.58.